The average Bonchev–Trinajstić information content (AvgIpc) is 2.88. The lowest BCUT2D eigenvalue weighted by molar-refractivity contribution is 0.0224. The van der Waals surface area contributed by atoms with E-state index in [1.807, 2.05) is 74.5 Å². The van der Waals surface area contributed by atoms with Crippen molar-refractivity contribution in [3.8, 4) is 11.5 Å². The molecule has 0 saturated carbocycles. The van der Waals surface area contributed by atoms with Gasteiger partial charge in [0.05, 0.1) is 5.56 Å². The highest BCUT2D eigenvalue weighted by molar-refractivity contribution is 5.97. The zero-order valence-corrected chi connectivity index (χ0v) is 14.0. The highest BCUT2D eigenvalue weighted by Gasteiger charge is 2.53. The standard InChI is InChI=1S/C22H16O3/c1-13-7-9-17-19(11-13)24-20-12-14(2)8-10-18(20)22(17)16-6-4-3-5-15(16)21(23)25-22/h3-12H,1-2H3. The molecular weight excluding hydrogens is 312 g/mol. The molecule has 0 fully saturated rings. The Hall–Kier alpha value is -3.07. The molecule has 3 aromatic carbocycles. The Bertz CT molecular complexity index is 997. The minimum atomic E-state index is -0.946. The van der Waals surface area contributed by atoms with Gasteiger partial charge in [0, 0.05) is 16.7 Å². The molecule has 0 radical (unpaired) electrons. The van der Waals surface area contributed by atoms with Crippen LogP contribution in [0.3, 0.4) is 0 Å². The lowest BCUT2D eigenvalue weighted by atomic mass is 9.77. The largest absolute Gasteiger partial charge is 0.456 e. The lowest BCUT2D eigenvalue weighted by Crippen LogP contribution is -2.33. The molecule has 1 spiro atoms. The summed E-state index contributed by atoms with van der Waals surface area (Å²) in [6, 6.07) is 19.7. The first-order valence-electron chi connectivity index (χ1n) is 8.32. The molecule has 25 heavy (non-hydrogen) atoms. The van der Waals surface area contributed by atoms with E-state index in [9.17, 15) is 4.79 Å². The molecule has 122 valence electrons. The molecule has 0 aromatic heterocycles. The van der Waals surface area contributed by atoms with Gasteiger partial charge in [-0.3, -0.25) is 0 Å². The van der Waals surface area contributed by atoms with Crippen LogP contribution in [0.2, 0.25) is 0 Å². The summed E-state index contributed by atoms with van der Waals surface area (Å²) in [5, 5.41) is 0. The van der Waals surface area contributed by atoms with Crippen molar-refractivity contribution in [2.24, 2.45) is 0 Å². The number of aryl methyl sites for hydroxylation is 2. The fraction of sp³-hybridized carbons (Fsp3) is 0.136. The second-order valence-corrected chi connectivity index (χ2v) is 6.72. The zero-order chi connectivity index (χ0) is 17.2. The van der Waals surface area contributed by atoms with E-state index in [1.165, 1.54) is 0 Å². The van der Waals surface area contributed by atoms with Crippen molar-refractivity contribution in [3.05, 3.63) is 94.0 Å². The molecule has 3 heteroatoms. The van der Waals surface area contributed by atoms with Crippen molar-refractivity contribution in [1.82, 2.24) is 0 Å². The maximum atomic E-state index is 12.6. The van der Waals surface area contributed by atoms with Gasteiger partial charge in [-0.1, -0.05) is 42.5 Å². The fourth-order valence-corrected chi connectivity index (χ4v) is 3.89. The molecule has 0 aliphatic carbocycles. The highest BCUT2D eigenvalue weighted by Crippen LogP contribution is 2.56. The van der Waals surface area contributed by atoms with E-state index >= 15 is 0 Å². The van der Waals surface area contributed by atoms with E-state index in [1.54, 1.807) is 0 Å². The summed E-state index contributed by atoms with van der Waals surface area (Å²) in [4.78, 5) is 12.6. The van der Waals surface area contributed by atoms with Crippen LogP contribution in [0.1, 0.15) is 38.2 Å². The normalized spacial score (nSPS) is 15.8. The average molecular weight is 328 g/mol. The van der Waals surface area contributed by atoms with Crippen LogP contribution >= 0.6 is 0 Å². The summed E-state index contributed by atoms with van der Waals surface area (Å²) in [5.41, 5.74) is 4.48. The first-order valence-corrected chi connectivity index (χ1v) is 8.32. The number of carbonyl (C=O) groups is 1. The third-order valence-corrected chi connectivity index (χ3v) is 5.02. The van der Waals surface area contributed by atoms with Gasteiger partial charge in [-0.25, -0.2) is 4.79 Å². The predicted octanol–water partition coefficient (Wildman–Crippen LogP) is 4.87. The molecule has 5 rings (SSSR count). The number of hydrogen-bond donors (Lipinski definition) is 0. The Kier molecular flexibility index (Phi) is 2.70. The highest BCUT2D eigenvalue weighted by atomic mass is 16.6. The van der Waals surface area contributed by atoms with Gasteiger partial charge in [0.15, 0.2) is 5.60 Å². The van der Waals surface area contributed by atoms with Gasteiger partial charge < -0.3 is 9.47 Å². The molecule has 0 unspecified atom stereocenters. The number of esters is 1. The number of benzene rings is 3. The molecule has 0 bridgehead atoms. The SMILES string of the molecule is Cc1ccc2c(c1)Oc1cc(C)ccc1C21OC(=O)c2ccccc21. The minimum Gasteiger partial charge on any atom is -0.456 e. The summed E-state index contributed by atoms with van der Waals surface area (Å²) in [5.74, 6) is 1.18. The van der Waals surface area contributed by atoms with Crippen LogP contribution in [-0.2, 0) is 10.3 Å². The van der Waals surface area contributed by atoms with E-state index in [4.69, 9.17) is 9.47 Å². The van der Waals surface area contributed by atoms with Crippen molar-refractivity contribution in [3.63, 3.8) is 0 Å². The summed E-state index contributed by atoms with van der Waals surface area (Å²) in [7, 11) is 0. The van der Waals surface area contributed by atoms with E-state index in [-0.39, 0.29) is 5.97 Å². The molecule has 2 aliphatic heterocycles. The van der Waals surface area contributed by atoms with Gasteiger partial charge in [0.2, 0.25) is 0 Å². The van der Waals surface area contributed by atoms with Gasteiger partial charge in [-0.2, -0.15) is 0 Å². The first kappa shape index (κ1) is 14.3. The van der Waals surface area contributed by atoms with E-state index in [0.717, 1.165) is 39.3 Å². The Morgan fingerprint density at radius 3 is 2.00 bits per heavy atom. The zero-order valence-electron chi connectivity index (χ0n) is 14.0. The second-order valence-electron chi connectivity index (χ2n) is 6.72. The molecule has 0 atom stereocenters. The van der Waals surface area contributed by atoms with Gasteiger partial charge in [-0.15, -0.1) is 0 Å². The summed E-state index contributed by atoms with van der Waals surface area (Å²) in [6.45, 7) is 4.05. The quantitative estimate of drug-likeness (QED) is 0.552. The van der Waals surface area contributed by atoms with Crippen molar-refractivity contribution >= 4 is 5.97 Å². The van der Waals surface area contributed by atoms with Crippen molar-refractivity contribution in [2.45, 2.75) is 19.4 Å². The molecule has 0 amide bonds. The number of rotatable bonds is 0. The summed E-state index contributed by atoms with van der Waals surface area (Å²) in [6.07, 6.45) is 0. The summed E-state index contributed by atoms with van der Waals surface area (Å²) < 4.78 is 12.3. The van der Waals surface area contributed by atoms with Crippen LogP contribution < -0.4 is 4.74 Å². The van der Waals surface area contributed by atoms with Crippen LogP contribution in [0.4, 0.5) is 0 Å². The smallest absolute Gasteiger partial charge is 0.340 e. The first-order chi connectivity index (χ1) is 12.1. The summed E-state index contributed by atoms with van der Waals surface area (Å²) >= 11 is 0. The van der Waals surface area contributed by atoms with Crippen molar-refractivity contribution < 1.29 is 14.3 Å². The van der Waals surface area contributed by atoms with Crippen molar-refractivity contribution in [1.29, 1.82) is 0 Å². The Morgan fingerprint density at radius 1 is 0.760 bits per heavy atom. The van der Waals surface area contributed by atoms with Crippen LogP contribution in [0.5, 0.6) is 11.5 Å². The molecule has 0 N–H and O–H groups in total. The van der Waals surface area contributed by atoms with Crippen LogP contribution in [0.15, 0.2) is 60.7 Å². The van der Waals surface area contributed by atoms with Gasteiger partial charge >= 0.3 is 5.97 Å². The van der Waals surface area contributed by atoms with Crippen molar-refractivity contribution in [2.75, 3.05) is 0 Å². The van der Waals surface area contributed by atoms with E-state index in [2.05, 4.69) is 0 Å². The topological polar surface area (TPSA) is 35.5 Å². The van der Waals surface area contributed by atoms with E-state index < -0.39 is 5.60 Å². The van der Waals surface area contributed by atoms with Crippen LogP contribution in [0, 0.1) is 13.8 Å². The monoisotopic (exact) mass is 328 g/mol. The minimum absolute atomic E-state index is 0.296. The third kappa shape index (κ3) is 1.78. The molecule has 3 aromatic rings. The third-order valence-electron chi connectivity index (χ3n) is 5.02. The van der Waals surface area contributed by atoms with Crippen LogP contribution in [0.25, 0.3) is 0 Å². The number of fused-ring (bicyclic) bond motifs is 6. The van der Waals surface area contributed by atoms with E-state index in [0.29, 0.717) is 5.56 Å². The number of ether oxygens (including phenoxy) is 2. The molecule has 3 nitrogen and oxygen atoms in total. The predicted molar refractivity (Wildman–Crippen MR) is 94.2 cm³/mol. The Morgan fingerprint density at radius 2 is 1.36 bits per heavy atom. The fourth-order valence-electron chi connectivity index (χ4n) is 3.89. The maximum Gasteiger partial charge on any atom is 0.340 e. The second kappa shape index (κ2) is 4.73. The van der Waals surface area contributed by atoms with Gasteiger partial charge in [0.25, 0.3) is 0 Å². The molecule has 0 saturated heterocycles. The number of carbonyl (C=O) groups excluding carboxylic acids is 1. The molecular formula is C22H16O3. The molecule has 2 heterocycles. The lowest BCUT2D eigenvalue weighted by Gasteiger charge is -2.36. The maximum absolute atomic E-state index is 12.6. The van der Waals surface area contributed by atoms with Gasteiger partial charge in [0.1, 0.15) is 11.5 Å². The number of hydrogen-bond acceptors (Lipinski definition) is 3. The van der Waals surface area contributed by atoms with Crippen LogP contribution in [-0.4, -0.2) is 5.97 Å². The van der Waals surface area contributed by atoms with Gasteiger partial charge in [-0.05, 0) is 43.2 Å². The molecule has 2 aliphatic rings. The Labute approximate surface area is 145 Å². The Balaban J connectivity index is 1.91.